The van der Waals surface area contributed by atoms with Crippen LogP contribution in [0.1, 0.15) is 31.7 Å². The highest BCUT2D eigenvalue weighted by atomic mass is 32.2. The van der Waals surface area contributed by atoms with Gasteiger partial charge in [-0.05, 0) is 43.2 Å². The lowest BCUT2D eigenvalue weighted by molar-refractivity contribution is 0.594. The number of para-hydroxylation sites is 2. The van der Waals surface area contributed by atoms with E-state index in [2.05, 4.69) is 11.9 Å². The van der Waals surface area contributed by atoms with E-state index in [1.807, 2.05) is 37.3 Å². The molecule has 0 fully saturated rings. The average molecular weight is 409 g/mol. The van der Waals surface area contributed by atoms with Crippen molar-refractivity contribution < 1.29 is 8.42 Å². The molecule has 0 aliphatic heterocycles. The Labute approximate surface area is 170 Å². The molecule has 0 spiro atoms. The zero-order valence-corrected chi connectivity index (χ0v) is 17.4. The van der Waals surface area contributed by atoms with Crippen LogP contribution in [0.5, 0.6) is 0 Å². The average Bonchev–Trinajstić information content (AvgIpc) is 2.97. The summed E-state index contributed by atoms with van der Waals surface area (Å²) in [6, 6.07) is 14.3. The molecule has 2 aromatic carbocycles. The minimum atomic E-state index is -3.85. The first-order valence-electron chi connectivity index (χ1n) is 9.79. The van der Waals surface area contributed by atoms with Gasteiger partial charge in [0, 0.05) is 6.54 Å². The summed E-state index contributed by atoms with van der Waals surface area (Å²) in [7, 11) is -3.85. The standard InChI is InChI=1S/C22H24N4O2S/c1-3-4-7-13-26-21(23)20(29(27,28)16-10-8-9-15(2)14-16)19-22(26)25-18-12-6-5-11-17(18)24-19/h5-6,8-12,14H,3-4,7,13,23H2,1-2H3. The normalized spacial score (nSPS) is 12.1. The van der Waals surface area contributed by atoms with E-state index in [1.165, 1.54) is 0 Å². The first-order chi connectivity index (χ1) is 13.9. The van der Waals surface area contributed by atoms with Crippen LogP contribution in [0.2, 0.25) is 0 Å². The van der Waals surface area contributed by atoms with E-state index >= 15 is 0 Å². The molecule has 0 unspecified atom stereocenters. The number of nitrogens with zero attached hydrogens (tertiary/aromatic N) is 3. The first-order valence-corrected chi connectivity index (χ1v) is 11.3. The summed E-state index contributed by atoms with van der Waals surface area (Å²) >= 11 is 0. The number of fused-ring (bicyclic) bond motifs is 2. The number of rotatable bonds is 6. The molecule has 0 aliphatic rings. The molecule has 150 valence electrons. The molecule has 0 aliphatic carbocycles. The maximum Gasteiger partial charge on any atom is 0.212 e. The molecule has 7 heteroatoms. The molecule has 2 heterocycles. The minimum absolute atomic E-state index is 0.0489. The summed E-state index contributed by atoms with van der Waals surface area (Å²) in [5.74, 6) is 0.202. The van der Waals surface area contributed by atoms with Gasteiger partial charge in [-0.2, -0.15) is 0 Å². The van der Waals surface area contributed by atoms with Gasteiger partial charge in [0.25, 0.3) is 0 Å². The third-order valence-corrected chi connectivity index (χ3v) is 6.91. The summed E-state index contributed by atoms with van der Waals surface area (Å²) in [4.78, 5) is 9.64. The summed E-state index contributed by atoms with van der Waals surface area (Å²) in [5, 5.41) is 0. The highest BCUT2D eigenvalue weighted by molar-refractivity contribution is 7.92. The van der Waals surface area contributed by atoms with Gasteiger partial charge in [-0.15, -0.1) is 0 Å². The van der Waals surface area contributed by atoms with Crippen molar-refractivity contribution in [1.29, 1.82) is 0 Å². The van der Waals surface area contributed by atoms with Crippen LogP contribution in [-0.2, 0) is 16.4 Å². The fourth-order valence-corrected chi connectivity index (χ4v) is 5.21. The number of unbranched alkanes of at least 4 members (excludes halogenated alkanes) is 2. The Morgan fingerprint density at radius 1 is 1.00 bits per heavy atom. The molecular formula is C22H24N4O2S. The number of sulfone groups is 1. The maximum absolute atomic E-state index is 13.5. The Morgan fingerprint density at radius 3 is 2.41 bits per heavy atom. The lowest BCUT2D eigenvalue weighted by Gasteiger charge is -2.08. The van der Waals surface area contributed by atoms with E-state index in [0.29, 0.717) is 28.7 Å². The highest BCUT2D eigenvalue weighted by Crippen LogP contribution is 2.35. The molecule has 0 amide bonds. The van der Waals surface area contributed by atoms with Crippen molar-refractivity contribution in [3.05, 3.63) is 54.1 Å². The van der Waals surface area contributed by atoms with Crippen LogP contribution >= 0.6 is 0 Å². The number of aryl methyl sites for hydroxylation is 2. The van der Waals surface area contributed by atoms with Crippen LogP contribution in [0, 0.1) is 6.92 Å². The number of hydrogen-bond acceptors (Lipinski definition) is 5. The smallest absolute Gasteiger partial charge is 0.212 e. The minimum Gasteiger partial charge on any atom is -0.384 e. The van der Waals surface area contributed by atoms with Crippen molar-refractivity contribution in [1.82, 2.24) is 14.5 Å². The topological polar surface area (TPSA) is 90.9 Å². The number of anilines is 1. The van der Waals surface area contributed by atoms with Gasteiger partial charge in [-0.1, -0.05) is 44.0 Å². The lowest BCUT2D eigenvalue weighted by Crippen LogP contribution is -2.08. The zero-order chi connectivity index (χ0) is 20.6. The van der Waals surface area contributed by atoms with Gasteiger partial charge in [0.1, 0.15) is 16.2 Å². The Morgan fingerprint density at radius 2 is 1.72 bits per heavy atom. The van der Waals surface area contributed by atoms with Gasteiger partial charge in [0.05, 0.1) is 15.9 Å². The SMILES string of the molecule is CCCCCn1c(N)c(S(=O)(=O)c2cccc(C)c2)c2nc3ccccc3nc21. The molecule has 29 heavy (non-hydrogen) atoms. The number of benzene rings is 2. The molecule has 0 saturated carbocycles. The molecule has 4 rings (SSSR count). The second-order valence-electron chi connectivity index (χ2n) is 7.28. The van der Waals surface area contributed by atoms with E-state index in [0.717, 1.165) is 24.8 Å². The number of hydrogen-bond donors (Lipinski definition) is 1. The van der Waals surface area contributed by atoms with Gasteiger partial charge >= 0.3 is 0 Å². The monoisotopic (exact) mass is 408 g/mol. The van der Waals surface area contributed by atoms with Crippen LogP contribution in [0.15, 0.2) is 58.3 Å². The Kier molecular flexibility index (Phi) is 5.00. The Balaban J connectivity index is 2.02. The third kappa shape index (κ3) is 3.35. The summed E-state index contributed by atoms with van der Waals surface area (Å²) in [5.41, 5.74) is 9.51. The van der Waals surface area contributed by atoms with E-state index in [-0.39, 0.29) is 15.6 Å². The molecule has 0 atom stereocenters. The van der Waals surface area contributed by atoms with Crippen LogP contribution in [0.3, 0.4) is 0 Å². The molecule has 6 nitrogen and oxygen atoms in total. The van der Waals surface area contributed by atoms with Gasteiger partial charge in [0.2, 0.25) is 9.84 Å². The van der Waals surface area contributed by atoms with Crippen molar-refractivity contribution in [3.63, 3.8) is 0 Å². The number of nitrogen functional groups attached to an aromatic ring is 1. The van der Waals surface area contributed by atoms with Gasteiger partial charge in [0.15, 0.2) is 5.65 Å². The third-order valence-electron chi connectivity index (χ3n) is 5.10. The van der Waals surface area contributed by atoms with Crippen molar-refractivity contribution in [2.24, 2.45) is 0 Å². The van der Waals surface area contributed by atoms with Crippen molar-refractivity contribution in [2.75, 3.05) is 5.73 Å². The number of aromatic nitrogens is 3. The predicted octanol–water partition coefficient (Wildman–Crippen LogP) is 4.50. The first kappa shape index (κ1) is 19.4. The summed E-state index contributed by atoms with van der Waals surface area (Å²) in [6.45, 7) is 4.59. The second kappa shape index (κ2) is 7.48. The van der Waals surface area contributed by atoms with Crippen LogP contribution in [0.4, 0.5) is 5.82 Å². The quantitative estimate of drug-likeness (QED) is 0.474. The molecular weight excluding hydrogens is 384 g/mol. The van der Waals surface area contributed by atoms with Crippen molar-refractivity contribution in [3.8, 4) is 0 Å². The van der Waals surface area contributed by atoms with Crippen LogP contribution in [0.25, 0.3) is 22.2 Å². The molecule has 0 saturated heterocycles. The molecule has 4 aromatic rings. The summed E-state index contributed by atoms with van der Waals surface area (Å²) < 4.78 is 28.9. The fourth-order valence-electron chi connectivity index (χ4n) is 3.60. The van der Waals surface area contributed by atoms with E-state index in [9.17, 15) is 8.42 Å². The molecule has 2 N–H and O–H groups in total. The highest BCUT2D eigenvalue weighted by Gasteiger charge is 2.30. The molecule has 0 bridgehead atoms. The summed E-state index contributed by atoms with van der Waals surface area (Å²) in [6.07, 6.45) is 2.98. The fraction of sp³-hybridized carbons (Fsp3) is 0.273. The second-order valence-corrected chi connectivity index (χ2v) is 9.16. The Hall–Kier alpha value is -2.93. The van der Waals surface area contributed by atoms with Crippen LogP contribution < -0.4 is 5.73 Å². The van der Waals surface area contributed by atoms with E-state index in [4.69, 9.17) is 10.7 Å². The van der Waals surface area contributed by atoms with E-state index in [1.54, 1.807) is 22.8 Å². The predicted molar refractivity (Wildman–Crippen MR) is 116 cm³/mol. The Bertz CT molecular complexity index is 1310. The van der Waals surface area contributed by atoms with Gasteiger partial charge in [-0.3, -0.25) is 0 Å². The number of nitrogens with two attached hydrogens (primary N) is 1. The van der Waals surface area contributed by atoms with Gasteiger partial charge in [-0.25, -0.2) is 18.4 Å². The molecule has 2 aromatic heterocycles. The van der Waals surface area contributed by atoms with Gasteiger partial charge < -0.3 is 10.3 Å². The molecule has 0 radical (unpaired) electrons. The van der Waals surface area contributed by atoms with Crippen molar-refractivity contribution in [2.45, 2.75) is 49.4 Å². The lowest BCUT2D eigenvalue weighted by atomic mass is 10.2. The van der Waals surface area contributed by atoms with Crippen LogP contribution in [-0.4, -0.2) is 23.0 Å². The van der Waals surface area contributed by atoms with Crippen molar-refractivity contribution >= 4 is 37.9 Å². The van der Waals surface area contributed by atoms with E-state index < -0.39 is 9.84 Å². The zero-order valence-electron chi connectivity index (χ0n) is 16.6. The largest absolute Gasteiger partial charge is 0.384 e. The maximum atomic E-state index is 13.5.